The van der Waals surface area contributed by atoms with Gasteiger partial charge < -0.3 is 10.1 Å². The first-order valence-electron chi connectivity index (χ1n) is 7.17. The highest BCUT2D eigenvalue weighted by Gasteiger charge is 2.37. The third-order valence-corrected chi connectivity index (χ3v) is 4.42. The summed E-state index contributed by atoms with van der Waals surface area (Å²) in [5.41, 5.74) is 0.446. The van der Waals surface area contributed by atoms with Crippen LogP contribution in [0.3, 0.4) is 0 Å². The van der Waals surface area contributed by atoms with Gasteiger partial charge in [0.15, 0.2) is 0 Å². The largest absolute Gasteiger partial charge is 0.372 e. The first-order chi connectivity index (χ1) is 7.79. The van der Waals surface area contributed by atoms with Crippen molar-refractivity contribution in [1.29, 1.82) is 0 Å². The maximum Gasteiger partial charge on any atom is 0.0631 e. The average molecular weight is 241 g/mol. The maximum atomic E-state index is 6.15. The molecule has 1 aliphatic rings. The molecule has 2 atom stereocenters. The van der Waals surface area contributed by atoms with Crippen LogP contribution < -0.4 is 5.32 Å². The van der Waals surface area contributed by atoms with Crippen LogP contribution in [0.2, 0.25) is 0 Å². The van der Waals surface area contributed by atoms with Crippen LogP contribution >= 0.6 is 0 Å². The van der Waals surface area contributed by atoms with Crippen LogP contribution in [-0.4, -0.2) is 24.8 Å². The zero-order valence-corrected chi connectivity index (χ0v) is 12.6. The Balaban J connectivity index is 2.55. The van der Waals surface area contributed by atoms with E-state index in [1.807, 2.05) is 0 Å². The van der Waals surface area contributed by atoms with E-state index in [1.165, 1.54) is 19.3 Å². The Morgan fingerprint density at radius 2 is 2.06 bits per heavy atom. The Morgan fingerprint density at radius 1 is 1.41 bits per heavy atom. The van der Waals surface area contributed by atoms with E-state index in [-0.39, 0.29) is 5.60 Å². The molecule has 102 valence electrons. The predicted molar refractivity (Wildman–Crippen MR) is 74.3 cm³/mol. The van der Waals surface area contributed by atoms with Crippen molar-refractivity contribution in [3.05, 3.63) is 0 Å². The zero-order valence-electron chi connectivity index (χ0n) is 12.6. The van der Waals surface area contributed by atoms with E-state index in [0.29, 0.717) is 17.4 Å². The lowest BCUT2D eigenvalue weighted by atomic mass is 9.74. The molecule has 0 aliphatic carbocycles. The Morgan fingerprint density at radius 3 is 2.47 bits per heavy atom. The van der Waals surface area contributed by atoms with Crippen LogP contribution in [0.5, 0.6) is 0 Å². The van der Waals surface area contributed by atoms with Crippen LogP contribution in [0.4, 0.5) is 0 Å². The number of ether oxygens (including phenoxy) is 1. The van der Waals surface area contributed by atoms with Crippen molar-refractivity contribution in [2.45, 2.75) is 72.5 Å². The fourth-order valence-electron chi connectivity index (χ4n) is 2.66. The molecule has 2 unspecified atom stereocenters. The second-order valence-electron chi connectivity index (χ2n) is 6.83. The van der Waals surface area contributed by atoms with Crippen molar-refractivity contribution in [2.24, 2.45) is 11.3 Å². The van der Waals surface area contributed by atoms with Crippen LogP contribution in [-0.2, 0) is 4.74 Å². The molecule has 1 saturated heterocycles. The summed E-state index contributed by atoms with van der Waals surface area (Å²) in [6, 6.07) is 0. The summed E-state index contributed by atoms with van der Waals surface area (Å²) in [5, 5.41) is 3.51. The lowest BCUT2D eigenvalue weighted by Gasteiger charge is -2.36. The summed E-state index contributed by atoms with van der Waals surface area (Å²) < 4.78 is 6.15. The van der Waals surface area contributed by atoms with Gasteiger partial charge in [-0.25, -0.2) is 0 Å². The Bertz CT molecular complexity index is 237. The number of rotatable bonds is 6. The lowest BCUT2D eigenvalue weighted by Crippen LogP contribution is -2.39. The van der Waals surface area contributed by atoms with Gasteiger partial charge >= 0.3 is 0 Å². The van der Waals surface area contributed by atoms with E-state index in [1.54, 1.807) is 0 Å². The van der Waals surface area contributed by atoms with Gasteiger partial charge in [0.25, 0.3) is 0 Å². The van der Waals surface area contributed by atoms with Crippen LogP contribution in [0, 0.1) is 11.3 Å². The predicted octanol–water partition coefficient (Wildman–Crippen LogP) is 3.61. The van der Waals surface area contributed by atoms with Gasteiger partial charge in [-0.1, -0.05) is 27.7 Å². The first kappa shape index (κ1) is 15.0. The highest BCUT2D eigenvalue weighted by molar-refractivity contribution is 4.88. The third-order valence-electron chi connectivity index (χ3n) is 4.42. The van der Waals surface area contributed by atoms with Gasteiger partial charge in [0.1, 0.15) is 0 Å². The molecule has 0 bridgehead atoms. The Hall–Kier alpha value is -0.0800. The summed E-state index contributed by atoms with van der Waals surface area (Å²) in [6.45, 7) is 15.8. The Labute approximate surface area is 108 Å². The quantitative estimate of drug-likeness (QED) is 0.767. The molecule has 0 amide bonds. The van der Waals surface area contributed by atoms with Gasteiger partial charge in [0, 0.05) is 6.54 Å². The third kappa shape index (κ3) is 4.26. The second-order valence-corrected chi connectivity index (χ2v) is 6.83. The highest BCUT2D eigenvalue weighted by atomic mass is 16.5. The van der Waals surface area contributed by atoms with Crippen LogP contribution in [0.25, 0.3) is 0 Å². The normalized spacial score (nSPS) is 27.4. The molecule has 2 heteroatoms. The minimum absolute atomic E-state index is 0.0980. The molecular formula is C15H31NO. The van der Waals surface area contributed by atoms with E-state index in [2.05, 4.69) is 46.9 Å². The smallest absolute Gasteiger partial charge is 0.0631 e. The van der Waals surface area contributed by atoms with Gasteiger partial charge in [-0.15, -0.1) is 0 Å². The fraction of sp³-hybridized carbons (Fsp3) is 1.00. The van der Waals surface area contributed by atoms with Crippen LogP contribution in [0.1, 0.15) is 60.8 Å². The van der Waals surface area contributed by atoms with Crippen molar-refractivity contribution in [3.8, 4) is 0 Å². The molecule has 0 aromatic heterocycles. The molecule has 2 nitrogen and oxygen atoms in total. The molecule has 0 radical (unpaired) electrons. The lowest BCUT2D eigenvalue weighted by molar-refractivity contribution is -0.0395. The summed E-state index contributed by atoms with van der Waals surface area (Å²) in [5.74, 6) is 0.689. The molecule has 1 rings (SSSR count). The van der Waals surface area contributed by atoms with E-state index in [0.717, 1.165) is 13.1 Å². The molecule has 1 N–H and O–H groups in total. The SMILES string of the molecule is CCNCC(C)(CC1CCC(C)(C)O1)C(C)C. The van der Waals surface area contributed by atoms with Gasteiger partial charge in [0.05, 0.1) is 11.7 Å². The first-order valence-corrected chi connectivity index (χ1v) is 7.17. The zero-order chi connectivity index (χ0) is 13.1. The minimum atomic E-state index is 0.0980. The maximum absolute atomic E-state index is 6.15. The van der Waals surface area contributed by atoms with Gasteiger partial charge in [-0.05, 0) is 51.0 Å². The topological polar surface area (TPSA) is 21.3 Å². The van der Waals surface area contributed by atoms with Crippen molar-refractivity contribution < 1.29 is 4.74 Å². The number of hydrogen-bond acceptors (Lipinski definition) is 2. The standard InChI is InChI=1S/C15H31NO/c1-7-16-11-15(6,12(2)3)10-13-8-9-14(4,5)17-13/h12-13,16H,7-11H2,1-6H3. The van der Waals surface area contributed by atoms with Gasteiger partial charge in [-0.3, -0.25) is 0 Å². The molecule has 17 heavy (non-hydrogen) atoms. The van der Waals surface area contributed by atoms with Gasteiger partial charge in [0.2, 0.25) is 0 Å². The fourth-order valence-corrected chi connectivity index (χ4v) is 2.66. The molecular weight excluding hydrogens is 210 g/mol. The van der Waals surface area contributed by atoms with Crippen molar-refractivity contribution >= 4 is 0 Å². The molecule has 1 fully saturated rings. The van der Waals surface area contributed by atoms with E-state index >= 15 is 0 Å². The summed E-state index contributed by atoms with van der Waals surface area (Å²) in [6.07, 6.45) is 4.06. The second kappa shape index (κ2) is 5.71. The van der Waals surface area contributed by atoms with E-state index in [9.17, 15) is 0 Å². The molecule has 0 spiro atoms. The van der Waals surface area contributed by atoms with Crippen molar-refractivity contribution in [1.82, 2.24) is 5.32 Å². The van der Waals surface area contributed by atoms with Crippen LogP contribution in [0.15, 0.2) is 0 Å². The molecule has 0 aromatic rings. The number of hydrogen-bond donors (Lipinski definition) is 1. The van der Waals surface area contributed by atoms with Gasteiger partial charge in [-0.2, -0.15) is 0 Å². The van der Waals surface area contributed by atoms with E-state index < -0.39 is 0 Å². The monoisotopic (exact) mass is 241 g/mol. The molecule has 1 aliphatic heterocycles. The molecule has 0 aromatic carbocycles. The minimum Gasteiger partial charge on any atom is -0.372 e. The highest BCUT2D eigenvalue weighted by Crippen LogP contribution is 2.39. The average Bonchev–Trinajstić information content (AvgIpc) is 2.54. The summed E-state index contributed by atoms with van der Waals surface area (Å²) in [4.78, 5) is 0. The van der Waals surface area contributed by atoms with Crippen molar-refractivity contribution in [3.63, 3.8) is 0 Å². The molecule has 0 saturated carbocycles. The van der Waals surface area contributed by atoms with Crippen molar-refractivity contribution in [2.75, 3.05) is 13.1 Å². The number of nitrogens with one attached hydrogen (secondary N) is 1. The Kier molecular flexibility index (Phi) is 5.03. The molecule has 1 heterocycles. The summed E-state index contributed by atoms with van der Waals surface area (Å²) >= 11 is 0. The van der Waals surface area contributed by atoms with E-state index in [4.69, 9.17) is 4.74 Å². The summed E-state index contributed by atoms with van der Waals surface area (Å²) in [7, 11) is 0.